The minimum Gasteiger partial charge on any atom is -0.505 e. The number of nitrogens with one attached hydrogen (secondary N) is 1. The molecular weight excluding hydrogens is 334 g/mol. The molecule has 1 aliphatic rings. The molecule has 0 aliphatic heterocycles. The number of rotatable bonds is 3. The number of anilines is 2. The number of aromatic hydroxyl groups is 1. The van der Waals surface area contributed by atoms with Crippen LogP contribution >= 0.6 is 0 Å². The summed E-state index contributed by atoms with van der Waals surface area (Å²) in [6.07, 6.45) is 0.573. The number of carboxylic acid groups (broad SMARTS) is 1. The Morgan fingerprint density at radius 1 is 1.08 bits per heavy atom. The van der Waals surface area contributed by atoms with Gasteiger partial charge < -0.3 is 21.3 Å². The third-order valence-electron chi connectivity index (χ3n) is 3.67. The van der Waals surface area contributed by atoms with E-state index in [4.69, 9.17) is 15.9 Å². The Morgan fingerprint density at radius 3 is 2.12 bits per heavy atom. The van der Waals surface area contributed by atoms with Gasteiger partial charge in [-0.1, -0.05) is 0 Å². The number of hydrogen-bond donors (Lipinski definition) is 4. The molecule has 0 saturated heterocycles. The molecule has 1 saturated carbocycles. The average molecular weight is 350 g/mol. The Kier molecular flexibility index (Phi) is 5.21. The third kappa shape index (κ3) is 4.43. The summed E-state index contributed by atoms with van der Waals surface area (Å²) < 4.78 is 25.0. The lowest BCUT2D eigenvalue weighted by Crippen LogP contribution is -2.31. The summed E-state index contributed by atoms with van der Waals surface area (Å²) in [5.74, 6) is -3.48. The molecule has 2 aromatic carbocycles. The van der Waals surface area contributed by atoms with Crippen LogP contribution in [0.5, 0.6) is 5.75 Å². The monoisotopic (exact) mass is 350 g/mol. The van der Waals surface area contributed by atoms with Gasteiger partial charge in [-0.25, -0.2) is 8.78 Å². The normalized spacial score (nSPS) is 14.0. The quantitative estimate of drug-likeness (QED) is 0.386. The van der Waals surface area contributed by atoms with Gasteiger partial charge in [-0.05, 0) is 49.2 Å². The van der Waals surface area contributed by atoms with E-state index in [1.54, 1.807) is 0 Å². The van der Waals surface area contributed by atoms with Crippen molar-refractivity contribution in [3.8, 4) is 5.75 Å². The van der Waals surface area contributed by atoms with Gasteiger partial charge in [0.1, 0.15) is 11.2 Å². The second-order valence-electron chi connectivity index (χ2n) is 5.56. The molecule has 0 heterocycles. The number of hydrogen-bond acceptors (Lipinski definition) is 4. The standard InChI is InChI=1S/C11H10FNO4.C6H6FN/c12-7-5-6(1-2-8(7)14)13-9(15)11(3-4-11)10(16)17;7-5-1-3-6(8)4-2-5/h1-2,5,14H,3-4H2,(H,13,15)(H,16,17);1-4H,8H2. The smallest absolute Gasteiger partial charge is 0.319 e. The molecular formula is C17H16F2N2O4. The van der Waals surface area contributed by atoms with Crippen LogP contribution in [0, 0.1) is 17.0 Å². The Bertz CT molecular complexity index is 769. The topological polar surface area (TPSA) is 113 Å². The number of carbonyl (C=O) groups is 2. The number of phenolic OH excluding ortho intramolecular Hbond substituents is 1. The first-order valence-electron chi connectivity index (χ1n) is 7.29. The number of amides is 1. The highest BCUT2D eigenvalue weighted by molar-refractivity contribution is 6.10. The van der Waals surface area contributed by atoms with Crippen LogP contribution in [-0.2, 0) is 9.59 Å². The lowest BCUT2D eigenvalue weighted by molar-refractivity contribution is -0.147. The fraction of sp³-hybridized carbons (Fsp3) is 0.176. The van der Waals surface area contributed by atoms with Crippen molar-refractivity contribution in [2.75, 3.05) is 11.1 Å². The van der Waals surface area contributed by atoms with Crippen molar-refractivity contribution in [1.82, 2.24) is 0 Å². The Balaban J connectivity index is 0.000000236. The number of carbonyl (C=O) groups excluding carboxylic acids is 1. The van der Waals surface area contributed by atoms with Crippen LogP contribution in [-0.4, -0.2) is 22.1 Å². The maximum absolute atomic E-state index is 13.0. The first-order chi connectivity index (χ1) is 11.7. The Morgan fingerprint density at radius 2 is 1.68 bits per heavy atom. The van der Waals surface area contributed by atoms with Crippen LogP contribution in [0.3, 0.4) is 0 Å². The second kappa shape index (κ2) is 7.16. The number of nitrogens with two attached hydrogens (primary N) is 1. The number of benzene rings is 2. The van der Waals surface area contributed by atoms with Gasteiger partial charge in [0, 0.05) is 17.4 Å². The van der Waals surface area contributed by atoms with Gasteiger partial charge in [0.05, 0.1) is 0 Å². The SMILES string of the molecule is Nc1ccc(F)cc1.O=C(O)C1(C(=O)Nc2ccc(O)c(F)c2)CC1. The fourth-order valence-corrected chi connectivity index (χ4v) is 1.96. The lowest BCUT2D eigenvalue weighted by Gasteiger charge is -2.10. The molecule has 0 radical (unpaired) electrons. The molecule has 0 unspecified atom stereocenters. The molecule has 1 aliphatic carbocycles. The third-order valence-corrected chi connectivity index (χ3v) is 3.67. The lowest BCUT2D eigenvalue weighted by atomic mass is 10.1. The minimum atomic E-state index is -1.37. The van der Waals surface area contributed by atoms with Crippen molar-refractivity contribution in [1.29, 1.82) is 0 Å². The molecule has 0 atom stereocenters. The predicted octanol–water partition coefficient (Wildman–Crippen LogP) is 2.74. The molecule has 2 aromatic rings. The minimum absolute atomic E-state index is 0.123. The van der Waals surface area contributed by atoms with E-state index in [1.807, 2.05) is 0 Å². The Hall–Kier alpha value is -3.16. The van der Waals surface area contributed by atoms with Gasteiger partial charge in [-0.2, -0.15) is 0 Å². The summed E-state index contributed by atoms with van der Waals surface area (Å²) >= 11 is 0. The zero-order valence-electron chi connectivity index (χ0n) is 13.0. The fourth-order valence-electron chi connectivity index (χ4n) is 1.96. The van der Waals surface area contributed by atoms with Gasteiger partial charge in [0.2, 0.25) is 5.91 Å². The van der Waals surface area contributed by atoms with Gasteiger partial charge in [0.15, 0.2) is 11.6 Å². The van der Waals surface area contributed by atoms with Gasteiger partial charge in [-0.15, -0.1) is 0 Å². The van der Waals surface area contributed by atoms with E-state index in [0.29, 0.717) is 5.69 Å². The van der Waals surface area contributed by atoms with Crippen LogP contribution < -0.4 is 11.1 Å². The summed E-state index contributed by atoms with van der Waals surface area (Å²) in [5.41, 5.74) is 4.61. The molecule has 6 nitrogen and oxygen atoms in total. The van der Waals surface area contributed by atoms with Crippen LogP contribution in [0.4, 0.5) is 20.2 Å². The highest BCUT2D eigenvalue weighted by atomic mass is 19.1. The van der Waals surface area contributed by atoms with Crippen molar-refractivity contribution in [2.45, 2.75) is 12.8 Å². The van der Waals surface area contributed by atoms with E-state index >= 15 is 0 Å². The molecule has 132 valence electrons. The summed E-state index contributed by atoms with van der Waals surface area (Å²) in [6.45, 7) is 0. The number of nitrogen functional groups attached to an aromatic ring is 1. The summed E-state index contributed by atoms with van der Waals surface area (Å²) in [4.78, 5) is 22.5. The summed E-state index contributed by atoms with van der Waals surface area (Å²) in [7, 11) is 0. The molecule has 0 bridgehead atoms. The highest BCUT2D eigenvalue weighted by Gasteiger charge is 2.57. The molecule has 0 aromatic heterocycles. The predicted molar refractivity (Wildman–Crippen MR) is 86.8 cm³/mol. The molecule has 5 N–H and O–H groups in total. The summed E-state index contributed by atoms with van der Waals surface area (Å²) in [6, 6.07) is 9.03. The first kappa shape index (κ1) is 18.2. The molecule has 0 spiro atoms. The largest absolute Gasteiger partial charge is 0.505 e. The molecule has 1 fully saturated rings. The van der Waals surface area contributed by atoms with Crippen molar-refractivity contribution < 1.29 is 28.6 Å². The van der Waals surface area contributed by atoms with E-state index in [0.717, 1.165) is 12.1 Å². The van der Waals surface area contributed by atoms with E-state index in [2.05, 4.69) is 5.32 Å². The second-order valence-corrected chi connectivity index (χ2v) is 5.56. The molecule has 8 heteroatoms. The maximum Gasteiger partial charge on any atom is 0.319 e. The maximum atomic E-state index is 13.0. The van der Waals surface area contributed by atoms with Crippen molar-refractivity contribution in [3.63, 3.8) is 0 Å². The molecule has 25 heavy (non-hydrogen) atoms. The van der Waals surface area contributed by atoms with Crippen LogP contribution in [0.25, 0.3) is 0 Å². The van der Waals surface area contributed by atoms with Gasteiger partial charge in [-0.3, -0.25) is 9.59 Å². The molecule has 1 amide bonds. The number of aliphatic carboxylic acids is 1. The van der Waals surface area contributed by atoms with E-state index in [-0.39, 0.29) is 24.3 Å². The van der Waals surface area contributed by atoms with Crippen LogP contribution in [0.2, 0.25) is 0 Å². The number of halogens is 2. The van der Waals surface area contributed by atoms with Gasteiger partial charge in [0.25, 0.3) is 0 Å². The van der Waals surface area contributed by atoms with E-state index < -0.39 is 28.9 Å². The average Bonchev–Trinajstić information content (AvgIpc) is 3.36. The number of carboxylic acids is 1. The molecule has 3 rings (SSSR count). The van der Waals surface area contributed by atoms with Crippen molar-refractivity contribution in [2.24, 2.45) is 5.41 Å². The van der Waals surface area contributed by atoms with Crippen LogP contribution in [0.1, 0.15) is 12.8 Å². The summed E-state index contributed by atoms with van der Waals surface area (Å²) in [5, 5.41) is 20.2. The van der Waals surface area contributed by atoms with E-state index in [9.17, 15) is 18.4 Å². The van der Waals surface area contributed by atoms with E-state index in [1.165, 1.54) is 30.3 Å². The first-order valence-corrected chi connectivity index (χ1v) is 7.29. The Labute approximate surface area is 141 Å². The van der Waals surface area contributed by atoms with Crippen molar-refractivity contribution in [3.05, 3.63) is 54.1 Å². The zero-order valence-corrected chi connectivity index (χ0v) is 13.0. The van der Waals surface area contributed by atoms with Crippen molar-refractivity contribution >= 4 is 23.3 Å². The highest BCUT2D eigenvalue weighted by Crippen LogP contribution is 2.46. The van der Waals surface area contributed by atoms with Gasteiger partial charge >= 0.3 is 5.97 Å². The van der Waals surface area contributed by atoms with Crippen LogP contribution in [0.15, 0.2) is 42.5 Å². The zero-order chi connectivity index (χ0) is 18.6. The number of phenols is 1.